The molecule has 0 unspecified atom stereocenters. The molecule has 1 aliphatic rings. The molecule has 2 heterocycles. The molecule has 6 heteroatoms. The van der Waals surface area contributed by atoms with Crippen molar-refractivity contribution >= 4 is 5.95 Å². The number of unbranched alkanes of at least 4 members (excludes halogenated alkanes) is 1. The van der Waals surface area contributed by atoms with Gasteiger partial charge in [0.25, 0.3) is 0 Å². The van der Waals surface area contributed by atoms with Gasteiger partial charge in [0.05, 0.1) is 7.11 Å². The van der Waals surface area contributed by atoms with Crippen LogP contribution in [0.15, 0.2) is 12.3 Å². The second-order valence-electron chi connectivity index (χ2n) is 4.72. The predicted octanol–water partition coefficient (Wildman–Crippen LogP) is 0.346. The second kappa shape index (κ2) is 7.25. The van der Waals surface area contributed by atoms with Crippen molar-refractivity contribution in [2.45, 2.75) is 12.8 Å². The van der Waals surface area contributed by atoms with Crippen molar-refractivity contribution in [1.82, 2.24) is 14.9 Å². The lowest BCUT2D eigenvalue weighted by atomic mass is 10.2. The topological polar surface area (TPSA) is 67.5 Å². The highest BCUT2D eigenvalue weighted by atomic mass is 16.5. The molecule has 19 heavy (non-hydrogen) atoms. The first-order chi connectivity index (χ1) is 9.33. The van der Waals surface area contributed by atoms with Gasteiger partial charge in [-0.2, -0.15) is 4.98 Å². The zero-order chi connectivity index (χ0) is 13.5. The Kier molecular flexibility index (Phi) is 5.35. The molecule has 0 radical (unpaired) electrons. The summed E-state index contributed by atoms with van der Waals surface area (Å²) in [5.74, 6) is 1.39. The molecule has 1 aliphatic heterocycles. The highest BCUT2D eigenvalue weighted by Crippen LogP contribution is 2.14. The summed E-state index contributed by atoms with van der Waals surface area (Å²) in [6.07, 6.45) is 4.04. The summed E-state index contributed by atoms with van der Waals surface area (Å²) in [5.41, 5.74) is 5.51. The number of rotatable bonds is 6. The van der Waals surface area contributed by atoms with Gasteiger partial charge in [-0.05, 0) is 25.9 Å². The van der Waals surface area contributed by atoms with Crippen LogP contribution in [-0.2, 0) is 0 Å². The molecule has 0 amide bonds. The summed E-state index contributed by atoms with van der Waals surface area (Å²) in [6.45, 7) is 5.99. The highest BCUT2D eigenvalue weighted by Gasteiger charge is 2.18. The lowest BCUT2D eigenvalue weighted by molar-refractivity contribution is 0.252. The largest absolute Gasteiger partial charge is 0.481 e. The standard InChI is InChI=1S/C13H23N5O/c1-19-12-4-6-15-13(16-12)18-10-8-17(9-11-18)7-3-2-5-14/h4,6H,2-3,5,7-11,14H2,1H3. The summed E-state index contributed by atoms with van der Waals surface area (Å²) in [7, 11) is 1.63. The SMILES string of the molecule is COc1ccnc(N2CCN(CCCCN)CC2)n1. The Morgan fingerprint density at radius 3 is 2.74 bits per heavy atom. The van der Waals surface area contributed by atoms with Gasteiger partial charge in [-0.25, -0.2) is 4.98 Å². The van der Waals surface area contributed by atoms with E-state index in [1.807, 2.05) is 0 Å². The lowest BCUT2D eigenvalue weighted by Gasteiger charge is -2.34. The van der Waals surface area contributed by atoms with Crippen LogP contribution in [0.25, 0.3) is 0 Å². The number of nitrogens with two attached hydrogens (primary N) is 1. The number of hydrogen-bond donors (Lipinski definition) is 1. The third kappa shape index (κ3) is 4.04. The molecule has 0 aliphatic carbocycles. The van der Waals surface area contributed by atoms with E-state index in [1.54, 1.807) is 19.4 Å². The number of methoxy groups -OCH3 is 1. The second-order valence-corrected chi connectivity index (χ2v) is 4.72. The molecule has 0 saturated carbocycles. The third-order valence-corrected chi connectivity index (χ3v) is 3.41. The molecule has 2 rings (SSSR count). The number of anilines is 1. The summed E-state index contributed by atoms with van der Waals surface area (Å²) in [4.78, 5) is 13.4. The predicted molar refractivity (Wildman–Crippen MR) is 75.5 cm³/mol. The van der Waals surface area contributed by atoms with Crippen LogP contribution in [0.2, 0.25) is 0 Å². The fourth-order valence-electron chi connectivity index (χ4n) is 2.25. The normalized spacial score (nSPS) is 16.6. The average Bonchev–Trinajstić information content (AvgIpc) is 2.48. The van der Waals surface area contributed by atoms with E-state index in [1.165, 1.54) is 6.42 Å². The van der Waals surface area contributed by atoms with Crippen molar-refractivity contribution < 1.29 is 4.74 Å². The molecule has 2 N–H and O–H groups in total. The zero-order valence-corrected chi connectivity index (χ0v) is 11.6. The van der Waals surface area contributed by atoms with Crippen molar-refractivity contribution in [2.24, 2.45) is 5.73 Å². The van der Waals surface area contributed by atoms with Crippen LogP contribution in [-0.4, -0.2) is 61.2 Å². The minimum atomic E-state index is 0.621. The molecule has 0 bridgehead atoms. The molecule has 0 aromatic carbocycles. The van der Waals surface area contributed by atoms with Gasteiger partial charge in [-0.3, -0.25) is 4.90 Å². The van der Waals surface area contributed by atoms with Gasteiger partial charge in [-0.1, -0.05) is 0 Å². The lowest BCUT2D eigenvalue weighted by Crippen LogP contribution is -2.47. The van der Waals surface area contributed by atoms with E-state index in [-0.39, 0.29) is 0 Å². The van der Waals surface area contributed by atoms with E-state index in [2.05, 4.69) is 19.8 Å². The van der Waals surface area contributed by atoms with Gasteiger partial charge < -0.3 is 15.4 Å². The van der Waals surface area contributed by atoms with Crippen LogP contribution in [0, 0.1) is 0 Å². The van der Waals surface area contributed by atoms with Crippen molar-refractivity contribution in [3.63, 3.8) is 0 Å². The minimum absolute atomic E-state index is 0.621. The van der Waals surface area contributed by atoms with E-state index in [9.17, 15) is 0 Å². The van der Waals surface area contributed by atoms with Gasteiger partial charge in [0.2, 0.25) is 11.8 Å². The Morgan fingerprint density at radius 1 is 1.26 bits per heavy atom. The Bertz CT molecular complexity index is 379. The fraction of sp³-hybridized carbons (Fsp3) is 0.692. The average molecular weight is 265 g/mol. The molecular formula is C13H23N5O. The Morgan fingerprint density at radius 2 is 2.05 bits per heavy atom. The molecule has 0 spiro atoms. The number of piperazine rings is 1. The number of nitrogens with zero attached hydrogens (tertiary/aromatic N) is 4. The minimum Gasteiger partial charge on any atom is -0.481 e. The van der Waals surface area contributed by atoms with E-state index in [4.69, 9.17) is 10.5 Å². The monoisotopic (exact) mass is 265 g/mol. The van der Waals surface area contributed by atoms with Crippen LogP contribution >= 0.6 is 0 Å². The first-order valence-electron chi connectivity index (χ1n) is 6.88. The van der Waals surface area contributed by atoms with Gasteiger partial charge in [-0.15, -0.1) is 0 Å². The molecule has 0 atom stereocenters. The highest BCUT2D eigenvalue weighted by molar-refractivity contribution is 5.32. The van der Waals surface area contributed by atoms with Crippen LogP contribution in [0.4, 0.5) is 5.95 Å². The summed E-state index contributed by atoms with van der Waals surface area (Å²) < 4.78 is 5.13. The first-order valence-corrected chi connectivity index (χ1v) is 6.88. The third-order valence-electron chi connectivity index (χ3n) is 3.41. The van der Waals surface area contributed by atoms with Gasteiger partial charge >= 0.3 is 0 Å². The molecule has 6 nitrogen and oxygen atoms in total. The molecule has 1 aromatic heterocycles. The van der Waals surface area contributed by atoms with E-state index < -0.39 is 0 Å². The molecule has 1 saturated heterocycles. The van der Waals surface area contributed by atoms with Crippen molar-refractivity contribution in [1.29, 1.82) is 0 Å². The molecule has 1 fully saturated rings. The Balaban J connectivity index is 1.82. The quantitative estimate of drug-likeness (QED) is 0.748. The van der Waals surface area contributed by atoms with Crippen LogP contribution in [0.1, 0.15) is 12.8 Å². The van der Waals surface area contributed by atoms with Crippen LogP contribution < -0.4 is 15.4 Å². The zero-order valence-electron chi connectivity index (χ0n) is 11.6. The van der Waals surface area contributed by atoms with Crippen molar-refractivity contribution in [3.05, 3.63) is 12.3 Å². The van der Waals surface area contributed by atoms with E-state index >= 15 is 0 Å². The van der Waals surface area contributed by atoms with Gasteiger partial charge in [0.1, 0.15) is 0 Å². The number of hydrogen-bond acceptors (Lipinski definition) is 6. The Labute approximate surface area is 114 Å². The summed E-state index contributed by atoms with van der Waals surface area (Å²) in [5, 5.41) is 0. The van der Waals surface area contributed by atoms with Gasteiger partial charge in [0, 0.05) is 38.4 Å². The van der Waals surface area contributed by atoms with Crippen LogP contribution in [0.5, 0.6) is 5.88 Å². The van der Waals surface area contributed by atoms with E-state index in [0.717, 1.165) is 51.6 Å². The maximum Gasteiger partial charge on any atom is 0.228 e. The molecular weight excluding hydrogens is 242 g/mol. The smallest absolute Gasteiger partial charge is 0.228 e. The molecule has 1 aromatic rings. The Hall–Kier alpha value is -1.40. The van der Waals surface area contributed by atoms with E-state index in [0.29, 0.717) is 5.88 Å². The molecule has 106 valence electrons. The van der Waals surface area contributed by atoms with Crippen LogP contribution in [0.3, 0.4) is 0 Å². The van der Waals surface area contributed by atoms with Gasteiger partial charge in [0.15, 0.2) is 0 Å². The maximum absolute atomic E-state index is 5.51. The first kappa shape index (κ1) is 14.0. The van der Waals surface area contributed by atoms with Crippen molar-refractivity contribution in [3.8, 4) is 5.88 Å². The number of ether oxygens (including phenoxy) is 1. The summed E-state index contributed by atoms with van der Waals surface area (Å²) in [6, 6.07) is 1.77. The maximum atomic E-state index is 5.51. The van der Waals surface area contributed by atoms with Crippen molar-refractivity contribution in [2.75, 3.05) is 51.3 Å². The fourth-order valence-corrected chi connectivity index (χ4v) is 2.25. The summed E-state index contributed by atoms with van der Waals surface area (Å²) >= 11 is 0. The number of aromatic nitrogens is 2.